The van der Waals surface area contributed by atoms with Gasteiger partial charge in [-0.1, -0.05) is 32.4 Å². The van der Waals surface area contributed by atoms with Gasteiger partial charge in [-0.3, -0.25) is 4.79 Å². The van der Waals surface area contributed by atoms with Crippen molar-refractivity contribution in [2.45, 2.75) is 40.2 Å². The van der Waals surface area contributed by atoms with Gasteiger partial charge in [-0.25, -0.2) is 4.98 Å². The molecule has 0 saturated heterocycles. The molecule has 1 heterocycles. The van der Waals surface area contributed by atoms with Gasteiger partial charge in [0.15, 0.2) is 0 Å². The first-order valence-corrected chi connectivity index (χ1v) is 7.42. The first-order chi connectivity index (χ1) is 9.38. The van der Waals surface area contributed by atoms with Gasteiger partial charge in [-0.05, 0) is 25.3 Å². The van der Waals surface area contributed by atoms with Crippen LogP contribution in [0.4, 0.5) is 5.82 Å². The summed E-state index contributed by atoms with van der Waals surface area (Å²) in [6.45, 7) is 9.12. The summed E-state index contributed by atoms with van der Waals surface area (Å²) in [6.07, 6.45) is 2.53. The lowest BCUT2D eigenvalue weighted by Gasteiger charge is -2.28. The minimum atomic E-state index is -0.0712. The Morgan fingerprint density at radius 3 is 2.65 bits per heavy atom. The highest BCUT2D eigenvalue weighted by Gasteiger charge is 2.22. The number of hydrogen-bond donors (Lipinski definition) is 1. The monoisotopic (exact) mass is 297 g/mol. The van der Waals surface area contributed by atoms with Crippen LogP contribution in [0.2, 0.25) is 5.02 Å². The molecule has 0 spiro atoms. The fraction of sp³-hybridized carbons (Fsp3) is 0.600. The van der Waals surface area contributed by atoms with Gasteiger partial charge in [-0.2, -0.15) is 0 Å². The van der Waals surface area contributed by atoms with E-state index in [2.05, 4.69) is 31.1 Å². The lowest BCUT2D eigenvalue weighted by atomic mass is 10.0. The topological polar surface area (TPSA) is 45.2 Å². The van der Waals surface area contributed by atoms with E-state index >= 15 is 0 Å². The zero-order chi connectivity index (χ0) is 15.3. The van der Waals surface area contributed by atoms with E-state index in [1.807, 2.05) is 14.0 Å². The molecule has 0 fully saturated rings. The Balaban J connectivity index is 2.96. The Hall–Kier alpha value is -1.29. The summed E-state index contributed by atoms with van der Waals surface area (Å²) < 4.78 is 0. The SMILES string of the molecule is CCCNc1cc(C(=O)N(C)C(C)C(C)C)c(Cl)cn1. The van der Waals surface area contributed by atoms with Crippen molar-refractivity contribution in [1.82, 2.24) is 9.88 Å². The van der Waals surface area contributed by atoms with Gasteiger partial charge in [0.05, 0.1) is 10.6 Å². The Morgan fingerprint density at radius 1 is 1.45 bits per heavy atom. The van der Waals surface area contributed by atoms with Gasteiger partial charge in [0, 0.05) is 25.8 Å². The van der Waals surface area contributed by atoms with Crippen LogP contribution in [0.1, 0.15) is 44.5 Å². The predicted molar refractivity (Wildman–Crippen MR) is 84.4 cm³/mol. The van der Waals surface area contributed by atoms with Crippen LogP contribution in [-0.4, -0.2) is 35.4 Å². The minimum Gasteiger partial charge on any atom is -0.370 e. The number of amides is 1. The molecule has 1 rings (SSSR count). The highest BCUT2D eigenvalue weighted by atomic mass is 35.5. The highest BCUT2D eigenvalue weighted by Crippen LogP contribution is 2.21. The van der Waals surface area contributed by atoms with Crippen molar-refractivity contribution in [2.75, 3.05) is 18.9 Å². The van der Waals surface area contributed by atoms with Gasteiger partial charge < -0.3 is 10.2 Å². The van der Waals surface area contributed by atoms with Crippen LogP contribution >= 0.6 is 11.6 Å². The van der Waals surface area contributed by atoms with Crippen molar-refractivity contribution >= 4 is 23.3 Å². The van der Waals surface area contributed by atoms with E-state index in [4.69, 9.17) is 11.6 Å². The second kappa shape index (κ2) is 7.48. The molecule has 1 atom stereocenters. The fourth-order valence-corrected chi connectivity index (χ4v) is 1.96. The maximum atomic E-state index is 12.5. The number of rotatable bonds is 6. The third-order valence-corrected chi connectivity index (χ3v) is 3.84. The molecule has 0 saturated carbocycles. The average Bonchev–Trinajstić information content (AvgIpc) is 2.43. The molecule has 5 heteroatoms. The van der Waals surface area contributed by atoms with Crippen LogP contribution in [0.3, 0.4) is 0 Å². The summed E-state index contributed by atoms with van der Waals surface area (Å²) in [5, 5.41) is 3.56. The Bertz CT molecular complexity index is 462. The van der Waals surface area contributed by atoms with Crippen molar-refractivity contribution in [3.05, 3.63) is 22.8 Å². The van der Waals surface area contributed by atoms with E-state index in [0.29, 0.717) is 22.3 Å². The molecule has 1 amide bonds. The summed E-state index contributed by atoms with van der Waals surface area (Å²) in [4.78, 5) is 18.4. The summed E-state index contributed by atoms with van der Waals surface area (Å²) in [6, 6.07) is 1.88. The second-order valence-corrected chi connectivity index (χ2v) is 5.78. The molecule has 1 aromatic heterocycles. The third-order valence-electron chi connectivity index (χ3n) is 3.54. The van der Waals surface area contributed by atoms with Gasteiger partial charge in [0.25, 0.3) is 5.91 Å². The minimum absolute atomic E-state index is 0.0712. The Labute approximate surface area is 126 Å². The smallest absolute Gasteiger partial charge is 0.255 e. The lowest BCUT2D eigenvalue weighted by molar-refractivity contribution is 0.0707. The van der Waals surface area contributed by atoms with Gasteiger partial charge >= 0.3 is 0 Å². The molecule has 20 heavy (non-hydrogen) atoms. The number of nitrogens with zero attached hydrogens (tertiary/aromatic N) is 2. The van der Waals surface area contributed by atoms with Crippen LogP contribution in [-0.2, 0) is 0 Å². The molecule has 4 nitrogen and oxygen atoms in total. The fourth-order valence-electron chi connectivity index (χ4n) is 1.77. The maximum absolute atomic E-state index is 12.5. The van der Waals surface area contributed by atoms with Crippen molar-refractivity contribution in [3.63, 3.8) is 0 Å². The number of pyridine rings is 1. The van der Waals surface area contributed by atoms with Crippen molar-refractivity contribution in [1.29, 1.82) is 0 Å². The molecule has 0 bridgehead atoms. The van der Waals surface area contributed by atoms with E-state index in [9.17, 15) is 4.79 Å². The van der Waals surface area contributed by atoms with Crippen LogP contribution < -0.4 is 5.32 Å². The first kappa shape index (κ1) is 16.8. The number of anilines is 1. The molecular formula is C15H24ClN3O. The van der Waals surface area contributed by atoms with E-state index in [0.717, 1.165) is 13.0 Å². The highest BCUT2D eigenvalue weighted by molar-refractivity contribution is 6.33. The number of halogens is 1. The molecular weight excluding hydrogens is 274 g/mol. The number of hydrogen-bond acceptors (Lipinski definition) is 3. The molecule has 1 N–H and O–H groups in total. The van der Waals surface area contributed by atoms with Crippen LogP contribution in [0.15, 0.2) is 12.3 Å². The number of carbonyl (C=O) groups is 1. The van der Waals surface area contributed by atoms with Crippen LogP contribution in [0.5, 0.6) is 0 Å². The van der Waals surface area contributed by atoms with Gasteiger partial charge in [0.2, 0.25) is 0 Å². The average molecular weight is 298 g/mol. The standard InChI is InChI=1S/C15H24ClN3O/c1-6-7-17-14-8-12(13(16)9-18-14)15(20)19(5)11(4)10(2)3/h8-11H,6-7H2,1-5H3,(H,17,18). The van der Waals surface area contributed by atoms with E-state index < -0.39 is 0 Å². The number of carbonyl (C=O) groups excluding carboxylic acids is 1. The lowest BCUT2D eigenvalue weighted by Crippen LogP contribution is -2.38. The number of nitrogens with one attached hydrogen (secondary N) is 1. The Morgan fingerprint density at radius 2 is 2.10 bits per heavy atom. The molecule has 112 valence electrons. The van der Waals surface area contributed by atoms with Crippen molar-refractivity contribution in [3.8, 4) is 0 Å². The third kappa shape index (κ3) is 4.10. The molecule has 0 aliphatic heterocycles. The summed E-state index contributed by atoms with van der Waals surface area (Å²) >= 11 is 6.12. The van der Waals surface area contributed by atoms with Crippen LogP contribution in [0, 0.1) is 5.92 Å². The maximum Gasteiger partial charge on any atom is 0.255 e. The van der Waals surface area contributed by atoms with Crippen molar-refractivity contribution in [2.24, 2.45) is 5.92 Å². The summed E-state index contributed by atoms with van der Waals surface area (Å²) in [5.74, 6) is 1.01. The Kier molecular flexibility index (Phi) is 6.27. The zero-order valence-corrected chi connectivity index (χ0v) is 13.7. The molecule has 0 aliphatic rings. The van der Waals surface area contributed by atoms with E-state index in [1.54, 1.807) is 11.0 Å². The largest absolute Gasteiger partial charge is 0.370 e. The molecule has 1 unspecified atom stereocenters. The first-order valence-electron chi connectivity index (χ1n) is 7.05. The second-order valence-electron chi connectivity index (χ2n) is 5.38. The van der Waals surface area contributed by atoms with Crippen molar-refractivity contribution < 1.29 is 4.79 Å². The molecule has 0 aromatic carbocycles. The van der Waals surface area contributed by atoms with Gasteiger partial charge in [0.1, 0.15) is 5.82 Å². The normalized spacial score (nSPS) is 12.3. The predicted octanol–water partition coefficient (Wildman–Crippen LogP) is 3.67. The summed E-state index contributed by atoms with van der Waals surface area (Å²) in [5.41, 5.74) is 0.496. The summed E-state index contributed by atoms with van der Waals surface area (Å²) in [7, 11) is 1.81. The van der Waals surface area contributed by atoms with E-state index in [-0.39, 0.29) is 11.9 Å². The molecule has 0 radical (unpaired) electrons. The molecule has 0 aliphatic carbocycles. The zero-order valence-electron chi connectivity index (χ0n) is 12.9. The van der Waals surface area contributed by atoms with E-state index in [1.165, 1.54) is 6.20 Å². The quantitative estimate of drug-likeness (QED) is 0.871. The van der Waals surface area contributed by atoms with Gasteiger partial charge in [-0.15, -0.1) is 0 Å². The number of aromatic nitrogens is 1. The van der Waals surface area contributed by atoms with Crippen LogP contribution in [0.25, 0.3) is 0 Å². The molecule has 1 aromatic rings.